The summed E-state index contributed by atoms with van der Waals surface area (Å²) in [5.41, 5.74) is -9.55. The predicted octanol–water partition coefficient (Wildman–Crippen LogP) is 1.38. The van der Waals surface area contributed by atoms with Crippen molar-refractivity contribution >= 4 is 39.1 Å². The molecule has 3 rings (SSSR count). The third-order valence-electron chi connectivity index (χ3n) is 6.97. The Bertz CT molecular complexity index is 1260. The standard InChI is InChI=1S/C27H29BrO10/c1-14(29)22(33)24-26(35,16(3)31)27(36,17(4)32)25(34,15(2)30)23(38-24)18-10-11-21(28)19(12-18)13-37-20-8-6-5-7-9-20/h5-12,22-24,33-36H,13H2,1-4H3/t22?,23-,24+,25-,26+,27+/m0/s1. The van der Waals surface area contributed by atoms with E-state index in [9.17, 15) is 39.6 Å². The minimum Gasteiger partial charge on any atom is -0.489 e. The van der Waals surface area contributed by atoms with Crippen LogP contribution in [0.4, 0.5) is 0 Å². The van der Waals surface area contributed by atoms with Crippen molar-refractivity contribution in [3.05, 3.63) is 64.1 Å². The number of para-hydroxylation sites is 1. The van der Waals surface area contributed by atoms with Crippen molar-refractivity contribution in [2.45, 2.75) is 69.4 Å². The molecule has 1 saturated heterocycles. The third kappa shape index (κ3) is 4.53. The Balaban J connectivity index is 2.23. The molecule has 2 aromatic carbocycles. The zero-order valence-corrected chi connectivity index (χ0v) is 22.8. The van der Waals surface area contributed by atoms with Crippen LogP contribution in [-0.4, -0.2) is 72.6 Å². The molecule has 1 heterocycles. The number of hydrogen-bond acceptors (Lipinski definition) is 10. The lowest BCUT2D eigenvalue weighted by atomic mass is 9.57. The van der Waals surface area contributed by atoms with Gasteiger partial charge in [0.15, 0.2) is 39.9 Å². The van der Waals surface area contributed by atoms with Crippen LogP contribution in [0.25, 0.3) is 0 Å². The molecule has 10 nitrogen and oxygen atoms in total. The second-order valence-corrected chi connectivity index (χ2v) is 10.2. The molecular formula is C27H29BrO10. The van der Waals surface area contributed by atoms with Crippen molar-refractivity contribution in [1.29, 1.82) is 0 Å². The summed E-state index contributed by atoms with van der Waals surface area (Å²) in [4.78, 5) is 50.8. The van der Waals surface area contributed by atoms with Gasteiger partial charge in [0.1, 0.15) is 30.7 Å². The SMILES string of the molecule is CC(=O)C(O)[C@H]1O[C@@H](c2ccc(Br)c(COc3ccccc3)c2)[C@@](O)(C(C)=O)[C@](O)(C(C)=O)[C@@]1(O)C(C)=O. The van der Waals surface area contributed by atoms with Crippen LogP contribution in [0.2, 0.25) is 0 Å². The fraction of sp³-hybridized carbons (Fsp3) is 0.407. The first-order valence-corrected chi connectivity index (χ1v) is 12.4. The highest BCUT2D eigenvalue weighted by molar-refractivity contribution is 9.10. The maximum absolute atomic E-state index is 13.0. The zero-order chi connectivity index (χ0) is 28.6. The van der Waals surface area contributed by atoms with Crippen LogP contribution < -0.4 is 4.74 Å². The van der Waals surface area contributed by atoms with Gasteiger partial charge in [-0.1, -0.05) is 40.2 Å². The van der Waals surface area contributed by atoms with Gasteiger partial charge in [0.2, 0.25) is 0 Å². The van der Waals surface area contributed by atoms with Gasteiger partial charge in [0.05, 0.1) is 0 Å². The van der Waals surface area contributed by atoms with Crippen molar-refractivity contribution in [1.82, 2.24) is 0 Å². The van der Waals surface area contributed by atoms with Crippen molar-refractivity contribution in [3.8, 4) is 5.75 Å². The Morgan fingerprint density at radius 1 is 0.921 bits per heavy atom. The summed E-state index contributed by atoms with van der Waals surface area (Å²) in [6.07, 6.45) is -6.33. The highest BCUT2D eigenvalue weighted by Crippen LogP contribution is 2.53. The van der Waals surface area contributed by atoms with E-state index in [2.05, 4.69) is 15.9 Å². The molecule has 11 heteroatoms. The van der Waals surface area contributed by atoms with Gasteiger partial charge in [0, 0.05) is 10.0 Å². The molecule has 0 saturated carbocycles. The number of aliphatic hydroxyl groups excluding tert-OH is 1. The molecule has 0 bridgehead atoms. The predicted molar refractivity (Wildman–Crippen MR) is 136 cm³/mol. The third-order valence-corrected chi connectivity index (χ3v) is 7.75. The number of ether oxygens (including phenoxy) is 2. The molecule has 1 unspecified atom stereocenters. The van der Waals surface area contributed by atoms with Gasteiger partial charge in [-0.2, -0.15) is 0 Å². The molecule has 2 aromatic rings. The van der Waals surface area contributed by atoms with Crippen LogP contribution in [0.3, 0.4) is 0 Å². The average molecular weight is 593 g/mol. The van der Waals surface area contributed by atoms with Crippen LogP contribution in [0.5, 0.6) is 5.75 Å². The maximum atomic E-state index is 13.0. The first-order valence-electron chi connectivity index (χ1n) is 11.6. The lowest BCUT2D eigenvalue weighted by molar-refractivity contribution is -0.329. The van der Waals surface area contributed by atoms with E-state index in [0.717, 1.165) is 27.7 Å². The summed E-state index contributed by atoms with van der Waals surface area (Å²) in [5, 5.41) is 45.6. The van der Waals surface area contributed by atoms with E-state index >= 15 is 0 Å². The van der Waals surface area contributed by atoms with Crippen LogP contribution in [-0.2, 0) is 30.5 Å². The van der Waals surface area contributed by atoms with E-state index in [0.29, 0.717) is 15.8 Å². The van der Waals surface area contributed by atoms with Crippen molar-refractivity contribution in [2.24, 2.45) is 0 Å². The fourth-order valence-electron chi connectivity index (χ4n) is 4.84. The van der Waals surface area contributed by atoms with Crippen LogP contribution in [0.15, 0.2) is 53.0 Å². The van der Waals surface area contributed by atoms with Gasteiger partial charge >= 0.3 is 0 Å². The van der Waals surface area contributed by atoms with E-state index in [4.69, 9.17) is 9.47 Å². The lowest BCUT2D eigenvalue weighted by Crippen LogP contribution is -2.85. The Kier molecular flexibility index (Phi) is 8.42. The summed E-state index contributed by atoms with van der Waals surface area (Å²) in [6, 6.07) is 13.3. The summed E-state index contributed by atoms with van der Waals surface area (Å²) in [5.74, 6) is -4.28. The van der Waals surface area contributed by atoms with Crippen molar-refractivity contribution in [3.63, 3.8) is 0 Å². The Morgan fingerprint density at radius 3 is 2.00 bits per heavy atom. The number of ketones is 4. The molecule has 1 aliphatic rings. The van der Waals surface area contributed by atoms with Gasteiger partial charge in [-0.3, -0.25) is 19.2 Å². The largest absolute Gasteiger partial charge is 0.489 e. The molecule has 1 aliphatic heterocycles. The van der Waals surface area contributed by atoms with Gasteiger partial charge in [-0.05, 0) is 57.5 Å². The zero-order valence-electron chi connectivity index (χ0n) is 21.2. The molecule has 0 aliphatic carbocycles. The number of benzene rings is 2. The van der Waals surface area contributed by atoms with Crippen LogP contribution in [0.1, 0.15) is 44.9 Å². The Morgan fingerprint density at radius 2 is 1.50 bits per heavy atom. The number of carbonyl (C=O) groups is 4. The maximum Gasteiger partial charge on any atom is 0.200 e. The molecule has 0 spiro atoms. The first kappa shape index (κ1) is 29.8. The van der Waals surface area contributed by atoms with Gasteiger partial charge in [0.25, 0.3) is 0 Å². The van der Waals surface area contributed by atoms with E-state index < -0.39 is 58.2 Å². The molecule has 0 radical (unpaired) electrons. The molecule has 1 fully saturated rings. The van der Waals surface area contributed by atoms with Crippen molar-refractivity contribution < 1.29 is 49.1 Å². The summed E-state index contributed by atoms with van der Waals surface area (Å²) < 4.78 is 12.1. The van der Waals surface area contributed by atoms with Gasteiger partial charge < -0.3 is 29.9 Å². The highest BCUT2D eigenvalue weighted by atomic mass is 79.9. The second-order valence-electron chi connectivity index (χ2n) is 9.36. The lowest BCUT2D eigenvalue weighted by Gasteiger charge is -2.58. The minimum atomic E-state index is -3.50. The molecular weight excluding hydrogens is 564 g/mol. The number of aliphatic hydroxyl groups is 4. The summed E-state index contributed by atoms with van der Waals surface area (Å²) in [7, 11) is 0. The van der Waals surface area contributed by atoms with E-state index in [-0.39, 0.29) is 12.2 Å². The fourth-order valence-corrected chi connectivity index (χ4v) is 5.20. The van der Waals surface area contributed by atoms with Gasteiger partial charge in [-0.15, -0.1) is 0 Å². The Hall–Kier alpha value is -2.80. The number of carbonyl (C=O) groups excluding carboxylic acids is 4. The van der Waals surface area contributed by atoms with E-state index in [1.165, 1.54) is 18.2 Å². The molecule has 38 heavy (non-hydrogen) atoms. The van der Waals surface area contributed by atoms with Crippen LogP contribution in [0, 0.1) is 0 Å². The number of hydrogen-bond donors (Lipinski definition) is 4. The van der Waals surface area contributed by atoms with E-state index in [1.807, 2.05) is 6.07 Å². The summed E-state index contributed by atoms with van der Waals surface area (Å²) in [6.45, 7) is 3.35. The molecule has 204 valence electrons. The molecule has 4 N–H and O–H groups in total. The van der Waals surface area contributed by atoms with Gasteiger partial charge in [-0.25, -0.2) is 0 Å². The quantitative estimate of drug-likeness (QED) is 0.334. The highest BCUT2D eigenvalue weighted by Gasteiger charge is 2.79. The topological polar surface area (TPSA) is 168 Å². The smallest absolute Gasteiger partial charge is 0.200 e. The van der Waals surface area contributed by atoms with E-state index in [1.54, 1.807) is 24.3 Å². The molecule has 6 atom stereocenters. The number of rotatable bonds is 9. The molecule has 0 aromatic heterocycles. The first-order chi connectivity index (χ1) is 17.6. The monoisotopic (exact) mass is 592 g/mol. The number of halogens is 1. The minimum absolute atomic E-state index is 0.0114. The average Bonchev–Trinajstić information content (AvgIpc) is 2.86. The number of Topliss-reactive ketones (excluding diaryl/α,β-unsaturated/α-hetero) is 4. The Labute approximate surface area is 227 Å². The van der Waals surface area contributed by atoms with Crippen LogP contribution >= 0.6 is 15.9 Å². The summed E-state index contributed by atoms with van der Waals surface area (Å²) >= 11 is 3.40. The molecule has 0 amide bonds. The normalized spacial score (nSPS) is 29.8. The second kappa shape index (κ2) is 10.8. The van der Waals surface area contributed by atoms with Crippen molar-refractivity contribution in [2.75, 3.05) is 0 Å².